The molecule has 0 aliphatic carbocycles. The van der Waals surface area contributed by atoms with E-state index in [0.717, 1.165) is 17.8 Å². The van der Waals surface area contributed by atoms with Crippen LogP contribution >= 0.6 is 0 Å². The maximum Gasteiger partial charge on any atom is 0.421 e. The van der Waals surface area contributed by atoms with E-state index in [1.165, 1.54) is 0 Å². The number of likely N-dealkylation sites (N-methyl/N-ethyl adjacent to an activating group) is 1. The average Bonchev–Trinajstić information content (AvgIpc) is 3.04. The first-order valence-corrected chi connectivity index (χ1v) is 7.72. The second kappa shape index (κ2) is 5.12. The molecule has 1 aromatic carbocycles. The third kappa shape index (κ3) is 2.17. The molecule has 2 unspecified atom stereocenters. The molecule has 126 valence electrons. The number of hydrogen-bond acceptors (Lipinski definition) is 8. The Morgan fingerprint density at radius 2 is 2.17 bits per heavy atom. The molecular weight excluding hydrogens is 314 g/mol. The third-order valence-corrected chi connectivity index (χ3v) is 4.31. The molecule has 0 amide bonds. The van der Waals surface area contributed by atoms with Crippen molar-refractivity contribution in [2.24, 2.45) is 4.99 Å². The van der Waals surface area contributed by atoms with Gasteiger partial charge in [0, 0.05) is 13.6 Å². The van der Waals surface area contributed by atoms with Crippen molar-refractivity contribution in [1.29, 1.82) is 0 Å². The number of carbonyl (C=O) groups is 2. The van der Waals surface area contributed by atoms with Crippen LogP contribution in [0.2, 0.25) is 0 Å². The number of aryl methyl sites for hydroxylation is 1. The molecule has 0 aromatic heterocycles. The smallest absolute Gasteiger partial charge is 0.421 e. The topological polar surface area (TPSA) is 89.5 Å². The fraction of sp³-hybridized carbons (Fsp3) is 0.438. The lowest BCUT2D eigenvalue weighted by molar-refractivity contribution is -0.263. The van der Waals surface area contributed by atoms with Gasteiger partial charge >= 0.3 is 17.7 Å². The van der Waals surface area contributed by atoms with Crippen molar-refractivity contribution < 1.29 is 23.8 Å². The normalized spacial score (nSPS) is 28.0. The first-order chi connectivity index (χ1) is 11.5. The van der Waals surface area contributed by atoms with Gasteiger partial charge < -0.3 is 24.4 Å². The van der Waals surface area contributed by atoms with Crippen LogP contribution in [0.15, 0.2) is 23.2 Å². The van der Waals surface area contributed by atoms with Crippen LogP contribution in [0, 0.1) is 6.92 Å². The zero-order valence-electron chi connectivity index (χ0n) is 13.4. The summed E-state index contributed by atoms with van der Waals surface area (Å²) in [6.45, 7) is 3.32. The van der Waals surface area contributed by atoms with Gasteiger partial charge in [0.1, 0.15) is 11.6 Å². The van der Waals surface area contributed by atoms with E-state index in [9.17, 15) is 9.59 Å². The van der Waals surface area contributed by atoms with E-state index < -0.39 is 24.0 Å². The summed E-state index contributed by atoms with van der Waals surface area (Å²) in [6.07, 6.45) is -0.712. The predicted octanol–water partition coefficient (Wildman–Crippen LogP) is 0.338. The zero-order chi connectivity index (χ0) is 16.9. The molecule has 24 heavy (non-hydrogen) atoms. The molecule has 8 nitrogen and oxygen atoms in total. The number of carbonyl (C=O) groups excluding carboxylic acids is 2. The highest BCUT2D eigenvalue weighted by molar-refractivity contribution is 6.30. The Morgan fingerprint density at radius 3 is 2.92 bits per heavy atom. The largest absolute Gasteiger partial charge is 0.444 e. The maximum atomic E-state index is 11.8. The van der Waals surface area contributed by atoms with E-state index in [-0.39, 0.29) is 6.42 Å². The standard InChI is InChI=1S/C16H17N3O5/c1-9-3-4-11-10(7-9)19(2)15-16(23-11,8-12-17-5-6-18-12)24-14(21)13(20)22-15/h3-4,7,15H,5-6,8H2,1-2H3,(H,17,18). The van der Waals surface area contributed by atoms with Gasteiger partial charge in [-0.2, -0.15) is 0 Å². The Balaban J connectivity index is 1.78. The Kier molecular flexibility index (Phi) is 3.16. The fourth-order valence-corrected chi connectivity index (χ4v) is 3.19. The van der Waals surface area contributed by atoms with Crippen molar-refractivity contribution in [3.05, 3.63) is 23.8 Å². The number of esters is 2. The number of nitrogens with one attached hydrogen (secondary N) is 1. The van der Waals surface area contributed by atoms with Gasteiger partial charge in [0.2, 0.25) is 0 Å². The highest BCUT2D eigenvalue weighted by atomic mass is 16.8. The van der Waals surface area contributed by atoms with Crippen LogP contribution in [0.5, 0.6) is 5.75 Å². The second-order valence-corrected chi connectivity index (χ2v) is 6.08. The number of rotatable bonds is 2. The molecule has 1 aromatic rings. The van der Waals surface area contributed by atoms with E-state index in [2.05, 4.69) is 10.3 Å². The van der Waals surface area contributed by atoms with Crippen molar-refractivity contribution in [2.75, 3.05) is 25.0 Å². The van der Waals surface area contributed by atoms with Crippen LogP contribution in [0.3, 0.4) is 0 Å². The summed E-state index contributed by atoms with van der Waals surface area (Å²) in [4.78, 5) is 29.7. The lowest BCUT2D eigenvalue weighted by Crippen LogP contribution is -2.67. The third-order valence-electron chi connectivity index (χ3n) is 4.31. The molecule has 0 radical (unpaired) electrons. The van der Waals surface area contributed by atoms with Gasteiger partial charge in [0.05, 0.1) is 18.7 Å². The molecule has 2 atom stereocenters. The molecule has 3 heterocycles. The number of fused-ring (bicyclic) bond motifs is 2. The van der Waals surface area contributed by atoms with Crippen LogP contribution in [-0.4, -0.2) is 49.9 Å². The van der Waals surface area contributed by atoms with Crippen molar-refractivity contribution in [1.82, 2.24) is 5.32 Å². The van der Waals surface area contributed by atoms with Crippen LogP contribution in [0.25, 0.3) is 0 Å². The molecule has 0 saturated carbocycles. The monoisotopic (exact) mass is 331 g/mol. The number of anilines is 1. The number of nitrogens with zero attached hydrogens (tertiary/aromatic N) is 2. The summed E-state index contributed by atoms with van der Waals surface area (Å²) in [5, 5.41) is 3.13. The Morgan fingerprint density at radius 1 is 1.33 bits per heavy atom. The quantitative estimate of drug-likeness (QED) is 0.617. The van der Waals surface area contributed by atoms with Gasteiger partial charge in [0.25, 0.3) is 6.23 Å². The SMILES string of the molecule is Cc1ccc2c(c1)N(C)C1OC(=O)C(=O)OC1(CC1=NCCN1)O2. The Hall–Kier alpha value is -2.77. The van der Waals surface area contributed by atoms with Gasteiger partial charge in [-0.1, -0.05) is 6.07 Å². The van der Waals surface area contributed by atoms with E-state index in [0.29, 0.717) is 18.1 Å². The minimum atomic E-state index is -1.46. The number of aliphatic imine (C=N–C) groups is 1. The van der Waals surface area contributed by atoms with Crippen molar-refractivity contribution in [3.63, 3.8) is 0 Å². The molecule has 3 aliphatic rings. The maximum absolute atomic E-state index is 11.8. The molecule has 8 heteroatoms. The van der Waals surface area contributed by atoms with Gasteiger partial charge in [-0.05, 0) is 24.6 Å². The molecule has 1 saturated heterocycles. The Labute approximate surface area is 138 Å². The summed E-state index contributed by atoms with van der Waals surface area (Å²) in [7, 11) is 1.77. The highest BCUT2D eigenvalue weighted by Crippen LogP contribution is 2.44. The summed E-state index contributed by atoms with van der Waals surface area (Å²) in [5.41, 5.74) is 1.81. The molecule has 0 bridgehead atoms. The second-order valence-electron chi connectivity index (χ2n) is 6.08. The van der Waals surface area contributed by atoms with Crippen LogP contribution in [-0.2, 0) is 19.1 Å². The molecule has 4 rings (SSSR count). The average molecular weight is 331 g/mol. The van der Waals surface area contributed by atoms with Crippen molar-refractivity contribution in [2.45, 2.75) is 25.4 Å². The zero-order valence-corrected chi connectivity index (χ0v) is 13.4. The summed E-state index contributed by atoms with van der Waals surface area (Å²) in [5.74, 6) is -2.33. The summed E-state index contributed by atoms with van der Waals surface area (Å²) >= 11 is 0. The van der Waals surface area contributed by atoms with Gasteiger partial charge in [-0.3, -0.25) is 4.99 Å². The summed E-state index contributed by atoms with van der Waals surface area (Å²) < 4.78 is 16.8. The molecule has 3 aliphatic heterocycles. The van der Waals surface area contributed by atoms with Gasteiger partial charge in [-0.15, -0.1) is 0 Å². The highest BCUT2D eigenvalue weighted by Gasteiger charge is 2.59. The van der Waals surface area contributed by atoms with Crippen molar-refractivity contribution >= 4 is 23.5 Å². The number of amidine groups is 1. The van der Waals surface area contributed by atoms with Crippen LogP contribution in [0.1, 0.15) is 12.0 Å². The predicted molar refractivity (Wildman–Crippen MR) is 83.8 cm³/mol. The van der Waals surface area contributed by atoms with E-state index >= 15 is 0 Å². The fourth-order valence-electron chi connectivity index (χ4n) is 3.19. The first kappa shape index (κ1) is 14.8. The van der Waals surface area contributed by atoms with E-state index in [4.69, 9.17) is 14.2 Å². The minimum Gasteiger partial charge on any atom is -0.444 e. The molecule has 1 fully saturated rings. The lowest BCUT2D eigenvalue weighted by atomic mass is 10.0. The van der Waals surface area contributed by atoms with Gasteiger partial charge in [-0.25, -0.2) is 9.59 Å². The van der Waals surface area contributed by atoms with Crippen LogP contribution in [0.4, 0.5) is 5.69 Å². The number of benzene rings is 1. The van der Waals surface area contributed by atoms with E-state index in [1.807, 2.05) is 25.1 Å². The molecular formula is C16H17N3O5. The number of ether oxygens (including phenoxy) is 3. The summed E-state index contributed by atoms with van der Waals surface area (Å²) in [6, 6.07) is 5.64. The first-order valence-electron chi connectivity index (χ1n) is 7.72. The lowest BCUT2D eigenvalue weighted by Gasteiger charge is -2.48. The van der Waals surface area contributed by atoms with Gasteiger partial charge in [0.15, 0.2) is 0 Å². The Bertz CT molecular complexity index is 762. The molecule has 0 spiro atoms. The number of hydrogen-bond donors (Lipinski definition) is 1. The van der Waals surface area contributed by atoms with E-state index in [1.54, 1.807) is 11.9 Å². The molecule has 1 N–H and O–H groups in total. The van der Waals surface area contributed by atoms with Crippen molar-refractivity contribution in [3.8, 4) is 5.75 Å². The minimum absolute atomic E-state index is 0.175. The van der Waals surface area contributed by atoms with Crippen LogP contribution < -0.4 is 15.0 Å².